The van der Waals surface area contributed by atoms with Gasteiger partial charge in [0.25, 0.3) is 5.08 Å². The highest BCUT2D eigenvalue weighted by Crippen LogP contribution is 2.09. The van der Waals surface area contributed by atoms with Crippen molar-refractivity contribution in [2.75, 3.05) is 16.6 Å². The fourth-order valence-corrected chi connectivity index (χ4v) is 3.88. The van der Waals surface area contributed by atoms with Crippen LogP contribution in [0.4, 0.5) is 0 Å². The van der Waals surface area contributed by atoms with Crippen LogP contribution in [0, 0.1) is 0 Å². The van der Waals surface area contributed by atoms with Crippen molar-refractivity contribution in [1.82, 2.24) is 0 Å². The Labute approximate surface area is 55.0 Å². The van der Waals surface area contributed by atoms with E-state index in [0.29, 0.717) is 5.08 Å². The van der Waals surface area contributed by atoms with Crippen molar-refractivity contribution in [2.24, 2.45) is 0 Å². The highest BCUT2D eigenvalue weighted by Gasteiger charge is 2.22. The van der Waals surface area contributed by atoms with E-state index in [1.165, 1.54) is 0 Å². The monoisotopic (exact) mass is 152 g/mol. The minimum absolute atomic E-state index is 0.417. The van der Waals surface area contributed by atoms with E-state index in [9.17, 15) is 9.11 Å². The Hall–Kier alpha value is 0.620. The third-order valence-electron chi connectivity index (χ3n) is 1.01. The predicted octanol–water partition coefficient (Wildman–Crippen LogP) is -0.155. The van der Waals surface area contributed by atoms with Crippen LogP contribution in [0.25, 0.3) is 0 Å². The highest BCUT2D eigenvalue weighted by molar-refractivity contribution is 8.08. The molecule has 0 aromatic rings. The van der Waals surface area contributed by atoms with Gasteiger partial charge in [0.05, 0.1) is 0 Å². The summed E-state index contributed by atoms with van der Waals surface area (Å²) in [7, 11) is 0. The zero-order valence-electron chi connectivity index (χ0n) is 4.46. The maximum Gasteiger partial charge on any atom is 0.253 e. The molecule has 0 aliphatic carbocycles. The van der Waals surface area contributed by atoms with Crippen LogP contribution >= 0.6 is 0 Å². The van der Waals surface area contributed by atoms with E-state index in [4.69, 9.17) is 0 Å². The Morgan fingerprint density at radius 2 is 1.50 bits per heavy atom. The van der Waals surface area contributed by atoms with Crippen LogP contribution in [0.5, 0.6) is 0 Å². The third kappa shape index (κ3) is 1.85. The SMILES string of the molecule is [O-][S+]1CCC[S+]([O-])C1. The smallest absolute Gasteiger partial charge is 0.253 e. The van der Waals surface area contributed by atoms with Gasteiger partial charge in [-0.25, -0.2) is 0 Å². The lowest BCUT2D eigenvalue weighted by Crippen LogP contribution is -2.28. The summed E-state index contributed by atoms with van der Waals surface area (Å²) in [6.45, 7) is 0. The Morgan fingerprint density at radius 1 is 1.00 bits per heavy atom. The molecule has 48 valence electrons. The second-order valence-electron chi connectivity index (χ2n) is 1.76. The topological polar surface area (TPSA) is 46.1 Å². The first-order chi connectivity index (χ1) is 3.79. The molecule has 0 N–H and O–H groups in total. The lowest BCUT2D eigenvalue weighted by molar-refractivity contribution is 0.578. The number of rotatable bonds is 0. The first-order valence-electron chi connectivity index (χ1n) is 2.49. The standard InChI is InChI=1S/C4H8O2S2/c5-7-2-1-3-8(6)4-7/h1-4H2. The van der Waals surface area contributed by atoms with E-state index >= 15 is 0 Å². The quantitative estimate of drug-likeness (QED) is 0.453. The number of hydrogen-bond donors (Lipinski definition) is 0. The van der Waals surface area contributed by atoms with Crippen LogP contribution in [0.3, 0.4) is 0 Å². The predicted molar refractivity (Wildman–Crippen MR) is 35.5 cm³/mol. The molecule has 0 saturated carbocycles. The average molecular weight is 152 g/mol. The summed E-state index contributed by atoms with van der Waals surface area (Å²) >= 11 is -1.54. The Kier molecular flexibility index (Phi) is 2.49. The molecule has 1 fully saturated rings. The van der Waals surface area contributed by atoms with E-state index in [1.54, 1.807) is 0 Å². The number of hydrogen-bond acceptors (Lipinski definition) is 2. The van der Waals surface area contributed by atoms with Gasteiger partial charge in [0.1, 0.15) is 11.5 Å². The van der Waals surface area contributed by atoms with Crippen LogP contribution in [0.15, 0.2) is 0 Å². The van der Waals surface area contributed by atoms with Crippen molar-refractivity contribution >= 4 is 22.4 Å². The minimum atomic E-state index is -0.770. The van der Waals surface area contributed by atoms with Gasteiger partial charge in [0.2, 0.25) is 0 Å². The van der Waals surface area contributed by atoms with Crippen molar-refractivity contribution in [3.05, 3.63) is 0 Å². The van der Waals surface area contributed by atoms with Crippen molar-refractivity contribution in [3.63, 3.8) is 0 Å². The summed E-state index contributed by atoms with van der Waals surface area (Å²) in [5.41, 5.74) is 0. The summed E-state index contributed by atoms with van der Waals surface area (Å²) in [6.07, 6.45) is 0.874. The maximum atomic E-state index is 10.6. The molecule has 0 amide bonds. The summed E-state index contributed by atoms with van der Waals surface area (Å²) in [5.74, 6) is 1.51. The van der Waals surface area contributed by atoms with Gasteiger partial charge in [0, 0.05) is 6.42 Å². The molecule has 0 bridgehead atoms. The molecular weight excluding hydrogens is 144 g/mol. The van der Waals surface area contributed by atoms with Crippen molar-refractivity contribution in [2.45, 2.75) is 6.42 Å². The Balaban J connectivity index is 2.23. The minimum Gasteiger partial charge on any atom is -0.613 e. The maximum absolute atomic E-state index is 10.6. The fourth-order valence-electron chi connectivity index (χ4n) is 0.645. The molecule has 0 radical (unpaired) electrons. The van der Waals surface area contributed by atoms with Gasteiger partial charge in [-0.1, -0.05) is 0 Å². The first kappa shape index (κ1) is 6.74. The lowest BCUT2D eigenvalue weighted by atomic mass is 10.6. The molecule has 1 rings (SSSR count). The summed E-state index contributed by atoms with van der Waals surface area (Å²) in [5, 5.41) is 0.417. The van der Waals surface area contributed by atoms with Gasteiger partial charge < -0.3 is 9.11 Å². The zero-order valence-corrected chi connectivity index (χ0v) is 6.09. The largest absolute Gasteiger partial charge is 0.613 e. The third-order valence-corrected chi connectivity index (χ3v) is 4.60. The summed E-state index contributed by atoms with van der Waals surface area (Å²) in [6, 6.07) is 0. The van der Waals surface area contributed by atoms with Crippen LogP contribution < -0.4 is 0 Å². The van der Waals surface area contributed by atoms with Gasteiger partial charge in [-0.3, -0.25) is 0 Å². The van der Waals surface area contributed by atoms with Crippen LogP contribution in [0.2, 0.25) is 0 Å². The van der Waals surface area contributed by atoms with E-state index in [1.807, 2.05) is 0 Å². The Morgan fingerprint density at radius 3 is 1.75 bits per heavy atom. The molecule has 1 heterocycles. The van der Waals surface area contributed by atoms with Gasteiger partial charge in [-0.05, 0) is 22.4 Å². The fraction of sp³-hybridized carbons (Fsp3) is 1.00. The molecule has 2 unspecified atom stereocenters. The van der Waals surface area contributed by atoms with E-state index in [0.717, 1.165) is 17.9 Å². The van der Waals surface area contributed by atoms with Gasteiger partial charge >= 0.3 is 0 Å². The molecule has 0 aromatic heterocycles. The van der Waals surface area contributed by atoms with E-state index in [-0.39, 0.29) is 0 Å². The van der Waals surface area contributed by atoms with E-state index < -0.39 is 22.4 Å². The normalized spacial score (nSPS) is 39.8. The molecule has 0 spiro atoms. The van der Waals surface area contributed by atoms with Crippen molar-refractivity contribution in [3.8, 4) is 0 Å². The molecule has 8 heavy (non-hydrogen) atoms. The Bertz CT molecular complexity index is 70.4. The highest BCUT2D eigenvalue weighted by atomic mass is 32.3. The molecule has 1 aliphatic heterocycles. The molecule has 2 nitrogen and oxygen atoms in total. The van der Waals surface area contributed by atoms with Gasteiger partial charge in [-0.2, -0.15) is 0 Å². The van der Waals surface area contributed by atoms with Crippen LogP contribution in [-0.4, -0.2) is 25.7 Å². The summed E-state index contributed by atoms with van der Waals surface area (Å²) < 4.78 is 21.2. The van der Waals surface area contributed by atoms with Crippen LogP contribution in [-0.2, 0) is 22.4 Å². The molecule has 0 aromatic carbocycles. The second-order valence-corrected chi connectivity index (χ2v) is 5.28. The average Bonchev–Trinajstić information content (AvgIpc) is 1.64. The first-order valence-corrected chi connectivity index (χ1v) is 5.46. The van der Waals surface area contributed by atoms with Crippen LogP contribution in [0.1, 0.15) is 6.42 Å². The summed E-state index contributed by atoms with van der Waals surface area (Å²) in [4.78, 5) is 0. The van der Waals surface area contributed by atoms with E-state index in [2.05, 4.69) is 0 Å². The molecular formula is C4H8O2S2. The second kappa shape index (κ2) is 2.96. The van der Waals surface area contributed by atoms with Gasteiger partial charge in [-0.15, -0.1) is 0 Å². The van der Waals surface area contributed by atoms with Gasteiger partial charge in [0.15, 0.2) is 0 Å². The lowest BCUT2D eigenvalue weighted by Gasteiger charge is -2.18. The molecule has 1 saturated heterocycles. The van der Waals surface area contributed by atoms with Crippen molar-refractivity contribution < 1.29 is 9.11 Å². The molecule has 1 aliphatic rings. The zero-order chi connectivity index (χ0) is 5.98. The molecule has 4 heteroatoms. The van der Waals surface area contributed by atoms with Crippen molar-refractivity contribution in [1.29, 1.82) is 0 Å². The molecule has 2 atom stereocenters.